The smallest absolute Gasteiger partial charge is 0.280 e. The number of aliphatic hydroxyl groups is 1. The predicted molar refractivity (Wildman–Crippen MR) is 73.0 cm³/mol. The molecule has 0 radical (unpaired) electrons. The summed E-state index contributed by atoms with van der Waals surface area (Å²) in [4.78, 5) is 21.9. The molecule has 0 amide bonds. The molecule has 2 aromatic heterocycles. The first kappa shape index (κ1) is 14.3. The van der Waals surface area contributed by atoms with Gasteiger partial charge in [0.2, 0.25) is 5.95 Å². The lowest BCUT2D eigenvalue weighted by molar-refractivity contribution is -0.0438. The highest BCUT2D eigenvalue weighted by Crippen LogP contribution is 2.35. The summed E-state index contributed by atoms with van der Waals surface area (Å²) in [5.41, 5.74) is 5.20. The van der Waals surface area contributed by atoms with Gasteiger partial charge in [-0.1, -0.05) is 0 Å². The highest BCUT2D eigenvalue weighted by atomic mass is 31.0. The number of nitrogens with one attached hydrogen (secondary N) is 1. The number of aliphatic hydroxyl groups excluding tert-OH is 1. The Balaban J connectivity index is 2.10. The quantitative estimate of drug-likeness (QED) is 0.626. The van der Waals surface area contributed by atoms with Crippen molar-refractivity contribution in [3.05, 3.63) is 16.7 Å². The normalized spacial score (nSPS) is 29.3. The van der Waals surface area contributed by atoms with Crippen LogP contribution in [-0.2, 0) is 9.26 Å². The van der Waals surface area contributed by atoms with Gasteiger partial charge in [0.15, 0.2) is 23.6 Å². The van der Waals surface area contributed by atoms with Crippen molar-refractivity contribution in [1.82, 2.24) is 19.5 Å². The van der Waals surface area contributed by atoms with Gasteiger partial charge >= 0.3 is 0 Å². The van der Waals surface area contributed by atoms with Gasteiger partial charge in [-0.3, -0.25) is 14.3 Å². The van der Waals surface area contributed by atoms with Crippen LogP contribution in [-0.4, -0.2) is 49.6 Å². The summed E-state index contributed by atoms with van der Waals surface area (Å²) >= 11 is 0. The van der Waals surface area contributed by atoms with Gasteiger partial charge in [0.05, 0.1) is 12.9 Å². The molecular weight excluding hydrogens is 304 g/mol. The van der Waals surface area contributed by atoms with E-state index in [-0.39, 0.29) is 17.1 Å². The van der Waals surface area contributed by atoms with E-state index in [0.717, 1.165) is 0 Å². The van der Waals surface area contributed by atoms with Gasteiger partial charge in [0, 0.05) is 9.47 Å². The largest absolute Gasteiger partial charge is 0.394 e. The van der Waals surface area contributed by atoms with Crippen LogP contribution in [0.15, 0.2) is 11.1 Å². The molecule has 1 saturated heterocycles. The van der Waals surface area contributed by atoms with Gasteiger partial charge in [0.25, 0.3) is 5.56 Å². The van der Waals surface area contributed by atoms with E-state index >= 15 is 0 Å². The zero-order chi connectivity index (χ0) is 15.1. The Morgan fingerprint density at radius 2 is 2.43 bits per heavy atom. The molecule has 4 N–H and O–H groups in total. The third kappa shape index (κ3) is 2.20. The minimum atomic E-state index is -1.53. The van der Waals surface area contributed by atoms with E-state index in [9.17, 15) is 9.18 Å². The Kier molecular flexibility index (Phi) is 3.62. The number of H-pyrrole nitrogens is 1. The minimum absolute atomic E-state index is 0.0539. The van der Waals surface area contributed by atoms with Gasteiger partial charge in [-0.2, -0.15) is 4.98 Å². The molecule has 3 rings (SSSR count). The molecule has 1 aliphatic heterocycles. The van der Waals surface area contributed by atoms with Crippen LogP contribution < -0.4 is 11.3 Å². The molecule has 9 nitrogen and oxygen atoms in total. The van der Waals surface area contributed by atoms with Gasteiger partial charge in [-0.25, -0.2) is 9.37 Å². The third-order valence-electron chi connectivity index (χ3n) is 3.33. The van der Waals surface area contributed by atoms with Crippen LogP contribution in [0.4, 0.5) is 10.3 Å². The molecule has 21 heavy (non-hydrogen) atoms. The van der Waals surface area contributed by atoms with Crippen LogP contribution >= 0.6 is 9.47 Å². The maximum Gasteiger partial charge on any atom is 0.280 e. The number of halogens is 1. The van der Waals surface area contributed by atoms with E-state index < -0.39 is 36.8 Å². The second-order valence-corrected chi connectivity index (χ2v) is 4.84. The first-order chi connectivity index (χ1) is 10.1. The second kappa shape index (κ2) is 5.30. The molecule has 0 aromatic carbocycles. The van der Waals surface area contributed by atoms with E-state index in [4.69, 9.17) is 20.1 Å². The Hall–Kier alpha value is -1.61. The first-order valence-electron chi connectivity index (χ1n) is 6.05. The zero-order valence-electron chi connectivity index (χ0n) is 10.6. The number of aromatic amines is 1. The van der Waals surface area contributed by atoms with Crippen LogP contribution in [0.2, 0.25) is 0 Å². The lowest BCUT2D eigenvalue weighted by atomic mass is 10.1. The molecule has 11 heteroatoms. The van der Waals surface area contributed by atoms with Crippen molar-refractivity contribution in [2.24, 2.45) is 0 Å². The van der Waals surface area contributed by atoms with Crippen LogP contribution in [0.5, 0.6) is 0 Å². The number of imidazole rings is 1. The van der Waals surface area contributed by atoms with E-state index in [1.165, 1.54) is 10.9 Å². The molecule has 3 unspecified atom stereocenters. The molecule has 1 fully saturated rings. The van der Waals surface area contributed by atoms with Crippen LogP contribution in [0.1, 0.15) is 6.23 Å². The van der Waals surface area contributed by atoms with Crippen molar-refractivity contribution in [3.63, 3.8) is 0 Å². The molecule has 0 aliphatic carbocycles. The van der Waals surface area contributed by atoms with Gasteiger partial charge in [-0.05, 0) is 0 Å². The maximum atomic E-state index is 14.1. The number of ether oxygens (including phenoxy) is 1. The number of alkyl halides is 1. The Labute approximate surface area is 119 Å². The molecule has 0 saturated carbocycles. The number of nitrogens with two attached hydrogens (primary N) is 1. The topological polar surface area (TPSA) is 128 Å². The molecule has 0 bridgehead atoms. The highest BCUT2D eigenvalue weighted by Gasteiger charge is 2.46. The predicted octanol–water partition coefficient (Wildman–Crippen LogP) is -0.895. The minimum Gasteiger partial charge on any atom is -0.394 e. The molecule has 0 spiro atoms. The first-order valence-corrected chi connectivity index (χ1v) is 6.52. The van der Waals surface area contributed by atoms with Crippen LogP contribution in [0.3, 0.4) is 0 Å². The number of nitrogens with zero attached hydrogens (tertiary/aromatic N) is 3. The number of anilines is 1. The molecule has 5 atom stereocenters. The Morgan fingerprint density at radius 3 is 3.10 bits per heavy atom. The fourth-order valence-corrected chi connectivity index (χ4v) is 2.62. The Morgan fingerprint density at radius 1 is 1.67 bits per heavy atom. The molecule has 3 heterocycles. The number of aromatic nitrogens is 4. The SMILES string of the molecule is Nc1nc2c(ncn2C2O[C@H](CO)[C@@H](F)C2OP)c(=O)[nH]1. The third-order valence-corrected chi connectivity index (χ3v) is 3.64. The summed E-state index contributed by atoms with van der Waals surface area (Å²) in [7, 11) is 1.96. The standard InChI is InChI=1S/C10H13FN5O4P/c11-4-3(1-17)19-9(6(4)20-21)16-2-13-5-7(16)14-10(12)15-8(5)18/h2-4,6,9,17H,1,21H2,(H3,12,14,15,18)/t3-,4-,6?,9?/m1/s1. The molecular formula is C10H13FN5O4P. The molecule has 2 aromatic rings. The van der Waals surface area contributed by atoms with E-state index in [0.29, 0.717) is 0 Å². The van der Waals surface area contributed by atoms with Crippen molar-refractivity contribution in [2.45, 2.75) is 24.6 Å². The number of hydrogen-bond donors (Lipinski definition) is 3. The summed E-state index contributed by atoms with van der Waals surface area (Å²) in [5, 5.41) is 9.12. The van der Waals surface area contributed by atoms with Crippen molar-refractivity contribution in [3.8, 4) is 0 Å². The molecule has 1 aliphatic rings. The van der Waals surface area contributed by atoms with E-state index in [2.05, 4.69) is 15.0 Å². The summed E-state index contributed by atoms with van der Waals surface area (Å²) in [6.07, 6.45) is -3.19. The van der Waals surface area contributed by atoms with Crippen molar-refractivity contribution in [2.75, 3.05) is 12.3 Å². The van der Waals surface area contributed by atoms with Crippen molar-refractivity contribution < 1.29 is 18.8 Å². The fourth-order valence-electron chi connectivity index (χ4n) is 2.34. The summed E-state index contributed by atoms with van der Waals surface area (Å²) in [6, 6.07) is 0. The summed E-state index contributed by atoms with van der Waals surface area (Å²) in [5.74, 6) is -0.0916. The highest BCUT2D eigenvalue weighted by molar-refractivity contribution is 7.09. The van der Waals surface area contributed by atoms with Gasteiger partial charge < -0.3 is 20.1 Å². The number of fused-ring (bicyclic) bond motifs is 1. The second-order valence-electron chi connectivity index (χ2n) is 4.57. The number of nitrogen functional groups attached to an aromatic ring is 1. The fraction of sp³-hybridized carbons (Fsp3) is 0.500. The number of rotatable bonds is 3. The zero-order valence-corrected chi connectivity index (χ0v) is 11.8. The maximum absolute atomic E-state index is 14.1. The van der Waals surface area contributed by atoms with Crippen molar-refractivity contribution in [1.29, 1.82) is 0 Å². The number of hydrogen-bond acceptors (Lipinski definition) is 7. The molecule has 114 valence electrons. The van der Waals surface area contributed by atoms with Gasteiger partial charge in [-0.15, -0.1) is 0 Å². The lowest BCUT2D eigenvalue weighted by Crippen LogP contribution is -2.30. The monoisotopic (exact) mass is 317 g/mol. The van der Waals surface area contributed by atoms with Gasteiger partial charge in [0.1, 0.15) is 12.2 Å². The average Bonchev–Trinajstić information content (AvgIpc) is 2.99. The van der Waals surface area contributed by atoms with Crippen LogP contribution in [0, 0.1) is 0 Å². The van der Waals surface area contributed by atoms with Crippen molar-refractivity contribution >= 4 is 26.6 Å². The van der Waals surface area contributed by atoms with E-state index in [1.54, 1.807) is 0 Å². The van der Waals surface area contributed by atoms with Crippen LogP contribution in [0.25, 0.3) is 11.2 Å². The average molecular weight is 317 g/mol. The Bertz CT molecular complexity index is 721. The van der Waals surface area contributed by atoms with E-state index in [1.807, 2.05) is 9.47 Å². The summed E-state index contributed by atoms with van der Waals surface area (Å²) < 4.78 is 25.9. The summed E-state index contributed by atoms with van der Waals surface area (Å²) in [6.45, 7) is -0.495. The lowest BCUT2D eigenvalue weighted by Gasteiger charge is -2.18.